The summed E-state index contributed by atoms with van der Waals surface area (Å²) in [6.45, 7) is 2.12. The molecule has 4 heteroatoms. The van der Waals surface area contributed by atoms with Crippen LogP contribution in [0.15, 0.2) is 42.5 Å². The minimum absolute atomic E-state index is 0.464. The van der Waals surface area contributed by atoms with Gasteiger partial charge in [-0.25, -0.2) is 0 Å². The van der Waals surface area contributed by atoms with E-state index in [1.54, 1.807) is 0 Å². The van der Waals surface area contributed by atoms with Crippen molar-refractivity contribution in [3.63, 3.8) is 0 Å². The van der Waals surface area contributed by atoms with E-state index in [1.807, 2.05) is 42.5 Å². The summed E-state index contributed by atoms with van der Waals surface area (Å²) < 4.78 is 0. The average Bonchev–Trinajstić information content (AvgIpc) is 2.50. The van der Waals surface area contributed by atoms with Crippen molar-refractivity contribution in [3.8, 4) is 11.3 Å². The predicted octanol–water partition coefficient (Wildman–Crippen LogP) is 2.31. The predicted molar refractivity (Wildman–Crippen MR) is 77.0 cm³/mol. The average molecular weight is 254 g/mol. The van der Waals surface area contributed by atoms with Crippen molar-refractivity contribution in [1.82, 2.24) is 15.5 Å². The maximum absolute atomic E-state index is 4.28. The van der Waals surface area contributed by atoms with E-state index >= 15 is 0 Å². The lowest BCUT2D eigenvalue weighted by atomic mass is 10.1. The van der Waals surface area contributed by atoms with Gasteiger partial charge in [0.05, 0.1) is 5.69 Å². The molecule has 2 heterocycles. The number of hydrogen-bond donors (Lipinski definition) is 2. The Morgan fingerprint density at radius 2 is 1.95 bits per heavy atom. The second-order valence-electron chi connectivity index (χ2n) is 4.86. The molecule has 0 bridgehead atoms. The highest BCUT2D eigenvalue weighted by Crippen LogP contribution is 2.17. The first kappa shape index (κ1) is 12.1. The SMILES string of the molecule is c1ccc(-c2ccc(NC3CCCNC3)nn2)cc1. The zero-order chi connectivity index (χ0) is 12.9. The quantitative estimate of drug-likeness (QED) is 0.882. The molecule has 2 N–H and O–H groups in total. The number of anilines is 1. The summed E-state index contributed by atoms with van der Waals surface area (Å²) in [5, 5.41) is 15.3. The van der Waals surface area contributed by atoms with E-state index in [0.717, 1.165) is 30.2 Å². The van der Waals surface area contributed by atoms with Crippen molar-refractivity contribution in [3.05, 3.63) is 42.5 Å². The first-order valence-corrected chi connectivity index (χ1v) is 6.78. The Hall–Kier alpha value is -1.94. The highest BCUT2D eigenvalue weighted by atomic mass is 15.2. The number of nitrogens with one attached hydrogen (secondary N) is 2. The van der Waals surface area contributed by atoms with Gasteiger partial charge in [-0.2, -0.15) is 0 Å². The van der Waals surface area contributed by atoms with E-state index in [2.05, 4.69) is 20.8 Å². The van der Waals surface area contributed by atoms with E-state index in [1.165, 1.54) is 12.8 Å². The van der Waals surface area contributed by atoms with Gasteiger partial charge in [0.25, 0.3) is 0 Å². The highest BCUT2D eigenvalue weighted by molar-refractivity contribution is 5.59. The third kappa shape index (κ3) is 3.09. The second kappa shape index (κ2) is 5.80. The van der Waals surface area contributed by atoms with E-state index < -0.39 is 0 Å². The van der Waals surface area contributed by atoms with Crippen LogP contribution in [0, 0.1) is 0 Å². The first-order valence-electron chi connectivity index (χ1n) is 6.78. The summed E-state index contributed by atoms with van der Waals surface area (Å²) >= 11 is 0. The molecule has 19 heavy (non-hydrogen) atoms. The van der Waals surface area contributed by atoms with Gasteiger partial charge in [0, 0.05) is 18.2 Å². The van der Waals surface area contributed by atoms with E-state index in [9.17, 15) is 0 Å². The van der Waals surface area contributed by atoms with Crippen molar-refractivity contribution in [2.75, 3.05) is 18.4 Å². The number of piperidine rings is 1. The van der Waals surface area contributed by atoms with Crippen molar-refractivity contribution >= 4 is 5.82 Å². The maximum Gasteiger partial charge on any atom is 0.148 e. The number of rotatable bonds is 3. The van der Waals surface area contributed by atoms with Gasteiger partial charge in [0.1, 0.15) is 5.82 Å². The summed E-state index contributed by atoms with van der Waals surface area (Å²) in [6, 6.07) is 14.6. The molecular weight excluding hydrogens is 236 g/mol. The maximum atomic E-state index is 4.28. The van der Waals surface area contributed by atoms with Crippen molar-refractivity contribution in [1.29, 1.82) is 0 Å². The Kier molecular flexibility index (Phi) is 3.70. The molecule has 0 saturated carbocycles. The van der Waals surface area contributed by atoms with Gasteiger partial charge in [-0.1, -0.05) is 30.3 Å². The minimum Gasteiger partial charge on any atom is -0.365 e. The van der Waals surface area contributed by atoms with Crippen LogP contribution in [-0.2, 0) is 0 Å². The van der Waals surface area contributed by atoms with Gasteiger partial charge < -0.3 is 10.6 Å². The van der Waals surface area contributed by atoms with Crippen molar-refractivity contribution in [2.24, 2.45) is 0 Å². The number of nitrogens with zero attached hydrogens (tertiary/aromatic N) is 2. The van der Waals surface area contributed by atoms with Gasteiger partial charge in [-0.05, 0) is 31.5 Å². The summed E-state index contributed by atoms with van der Waals surface area (Å²) in [5.41, 5.74) is 2.01. The topological polar surface area (TPSA) is 49.8 Å². The molecule has 1 aromatic heterocycles. The van der Waals surface area contributed by atoms with Crippen LogP contribution in [0.1, 0.15) is 12.8 Å². The van der Waals surface area contributed by atoms with Crippen LogP contribution >= 0.6 is 0 Å². The third-order valence-electron chi connectivity index (χ3n) is 3.38. The van der Waals surface area contributed by atoms with Crippen molar-refractivity contribution < 1.29 is 0 Å². The number of hydrogen-bond acceptors (Lipinski definition) is 4. The van der Waals surface area contributed by atoms with Gasteiger partial charge in [-0.15, -0.1) is 10.2 Å². The van der Waals surface area contributed by atoms with Gasteiger partial charge in [0.2, 0.25) is 0 Å². The zero-order valence-electron chi connectivity index (χ0n) is 10.8. The largest absolute Gasteiger partial charge is 0.365 e. The fraction of sp³-hybridized carbons (Fsp3) is 0.333. The van der Waals surface area contributed by atoms with Crippen molar-refractivity contribution in [2.45, 2.75) is 18.9 Å². The fourth-order valence-corrected chi connectivity index (χ4v) is 2.36. The molecule has 3 rings (SSSR count). The molecular formula is C15H18N4. The molecule has 0 radical (unpaired) electrons. The molecule has 1 aromatic carbocycles. The van der Waals surface area contributed by atoms with Gasteiger partial charge >= 0.3 is 0 Å². The van der Waals surface area contributed by atoms with Crippen LogP contribution in [0.2, 0.25) is 0 Å². The van der Waals surface area contributed by atoms with E-state index in [0.29, 0.717) is 6.04 Å². The monoisotopic (exact) mass is 254 g/mol. The standard InChI is InChI=1S/C15H18N4/c1-2-5-12(6-3-1)14-8-9-15(19-18-14)17-13-7-4-10-16-11-13/h1-3,5-6,8-9,13,16H,4,7,10-11H2,(H,17,19). The molecule has 1 fully saturated rings. The second-order valence-corrected chi connectivity index (χ2v) is 4.86. The van der Waals surface area contributed by atoms with Crippen LogP contribution < -0.4 is 10.6 Å². The molecule has 1 unspecified atom stereocenters. The summed E-state index contributed by atoms with van der Waals surface area (Å²) in [6.07, 6.45) is 2.41. The minimum atomic E-state index is 0.464. The summed E-state index contributed by atoms with van der Waals surface area (Å²) in [7, 11) is 0. The molecule has 98 valence electrons. The van der Waals surface area contributed by atoms with E-state index in [-0.39, 0.29) is 0 Å². The van der Waals surface area contributed by atoms with Crippen LogP contribution in [0.4, 0.5) is 5.82 Å². The Morgan fingerprint density at radius 3 is 2.63 bits per heavy atom. The highest BCUT2D eigenvalue weighted by Gasteiger charge is 2.12. The third-order valence-corrected chi connectivity index (χ3v) is 3.38. The zero-order valence-corrected chi connectivity index (χ0v) is 10.8. The smallest absolute Gasteiger partial charge is 0.148 e. The molecule has 1 atom stereocenters. The normalized spacial score (nSPS) is 19.1. The molecule has 0 aliphatic carbocycles. The molecule has 0 amide bonds. The van der Waals surface area contributed by atoms with Crippen LogP contribution in [0.5, 0.6) is 0 Å². The molecule has 0 spiro atoms. The molecule has 2 aromatic rings. The fourth-order valence-electron chi connectivity index (χ4n) is 2.36. The Morgan fingerprint density at radius 1 is 1.05 bits per heavy atom. The summed E-state index contributed by atoms with van der Waals surface area (Å²) in [4.78, 5) is 0. The van der Waals surface area contributed by atoms with Crippen LogP contribution in [-0.4, -0.2) is 29.3 Å². The number of aromatic nitrogens is 2. The first-order chi connectivity index (χ1) is 9.42. The molecule has 1 aliphatic heterocycles. The lowest BCUT2D eigenvalue weighted by Crippen LogP contribution is -2.38. The Labute approximate surface area is 113 Å². The number of benzene rings is 1. The molecule has 1 saturated heterocycles. The Balaban J connectivity index is 1.68. The van der Waals surface area contributed by atoms with E-state index in [4.69, 9.17) is 0 Å². The van der Waals surface area contributed by atoms with Gasteiger partial charge in [0.15, 0.2) is 0 Å². The van der Waals surface area contributed by atoms with Crippen LogP contribution in [0.25, 0.3) is 11.3 Å². The lowest BCUT2D eigenvalue weighted by molar-refractivity contribution is 0.478. The van der Waals surface area contributed by atoms with Crippen LogP contribution in [0.3, 0.4) is 0 Å². The molecule has 1 aliphatic rings. The van der Waals surface area contributed by atoms with Gasteiger partial charge in [-0.3, -0.25) is 0 Å². The molecule has 4 nitrogen and oxygen atoms in total. The Bertz CT molecular complexity index is 503. The lowest BCUT2D eigenvalue weighted by Gasteiger charge is -2.23. The summed E-state index contributed by atoms with van der Waals surface area (Å²) in [5.74, 6) is 0.855.